The molecule has 2 rings (SSSR count). The second-order valence-corrected chi connectivity index (χ2v) is 5.10. The lowest BCUT2D eigenvalue weighted by Gasteiger charge is -2.24. The van der Waals surface area contributed by atoms with Crippen molar-refractivity contribution < 1.29 is 19.2 Å². The van der Waals surface area contributed by atoms with Crippen molar-refractivity contribution in [3.05, 3.63) is 11.3 Å². The Morgan fingerprint density at radius 3 is 2.26 bits per heavy atom. The molecule has 0 radical (unpaired) electrons. The number of carboxylic acid groups (broad SMARTS) is 1. The van der Waals surface area contributed by atoms with Gasteiger partial charge in [0.25, 0.3) is 0 Å². The van der Waals surface area contributed by atoms with Gasteiger partial charge in [0.1, 0.15) is 0 Å². The smallest absolute Gasteiger partial charge is 0.306 e. The molecule has 6 heteroatoms. The van der Waals surface area contributed by atoms with E-state index in [2.05, 4.69) is 10.5 Å². The topological polar surface area (TPSA) is 92.4 Å². The van der Waals surface area contributed by atoms with Gasteiger partial charge in [0.05, 0.1) is 11.6 Å². The van der Waals surface area contributed by atoms with Gasteiger partial charge in [-0.15, -0.1) is 0 Å². The number of carboxylic acids is 1. The number of anilines is 1. The number of hydrogen-bond acceptors (Lipinski definition) is 4. The molecule has 6 nitrogen and oxygen atoms in total. The van der Waals surface area contributed by atoms with Crippen molar-refractivity contribution in [2.24, 2.45) is 11.8 Å². The highest BCUT2D eigenvalue weighted by atomic mass is 16.5. The molecule has 1 amide bonds. The average Bonchev–Trinajstić information content (AvgIpc) is 2.71. The minimum atomic E-state index is -0.763. The van der Waals surface area contributed by atoms with Crippen molar-refractivity contribution in [2.45, 2.75) is 39.5 Å². The summed E-state index contributed by atoms with van der Waals surface area (Å²) >= 11 is 0. The van der Waals surface area contributed by atoms with Crippen molar-refractivity contribution in [2.75, 3.05) is 5.32 Å². The van der Waals surface area contributed by atoms with Gasteiger partial charge in [-0.2, -0.15) is 0 Å². The van der Waals surface area contributed by atoms with Crippen molar-refractivity contribution in [1.82, 2.24) is 5.16 Å². The fourth-order valence-electron chi connectivity index (χ4n) is 2.35. The summed E-state index contributed by atoms with van der Waals surface area (Å²) in [6.45, 7) is 3.65. The Bertz CT molecular complexity index is 487. The SMILES string of the molecule is Cc1noc(NC(=O)C2CCC(C(=O)O)CC2)c1C. The lowest BCUT2D eigenvalue weighted by molar-refractivity contribution is -0.143. The first-order valence-electron chi connectivity index (χ1n) is 6.45. The number of nitrogens with one attached hydrogen (secondary N) is 1. The highest BCUT2D eigenvalue weighted by Crippen LogP contribution is 2.30. The summed E-state index contributed by atoms with van der Waals surface area (Å²) in [6, 6.07) is 0. The Morgan fingerprint density at radius 2 is 1.79 bits per heavy atom. The van der Waals surface area contributed by atoms with Crippen LogP contribution in [0.5, 0.6) is 0 Å². The van der Waals surface area contributed by atoms with E-state index in [-0.39, 0.29) is 17.7 Å². The van der Waals surface area contributed by atoms with Gasteiger partial charge in [0, 0.05) is 11.5 Å². The van der Waals surface area contributed by atoms with Crippen LogP contribution in [0.1, 0.15) is 36.9 Å². The predicted octanol–water partition coefficient (Wildman–Crippen LogP) is 2.12. The lowest BCUT2D eigenvalue weighted by Crippen LogP contribution is -2.29. The predicted molar refractivity (Wildman–Crippen MR) is 67.7 cm³/mol. The van der Waals surface area contributed by atoms with Crippen LogP contribution in [0.3, 0.4) is 0 Å². The van der Waals surface area contributed by atoms with E-state index in [0.29, 0.717) is 31.6 Å². The molecule has 0 spiro atoms. The van der Waals surface area contributed by atoms with Crippen molar-refractivity contribution in [3.63, 3.8) is 0 Å². The molecule has 1 aliphatic rings. The van der Waals surface area contributed by atoms with Crippen LogP contribution >= 0.6 is 0 Å². The molecule has 1 aliphatic carbocycles. The highest BCUT2D eigenvalue weighted by molar-refractivity contribution is 5.92. The third kappa shape index (κ3) is 2.94. The number of nitrogens with zero attached hydrogens (tertiary/aromatic N) is 1. The van der Waals surface area contributed by atoms with Crippen molar-refractivity contribution in [3.8, 4) is 0 Å². The maximum Gasteiger partial charge on any atom is 0.306 e. The first-order valence-corrected chi connectivity index (χ1v) is 6.45. The van der Waals surface area contributed by atoms with E-state index in [1.54, 1.807) is 0 Å². The molecule has 1 aromatic rings. The molecule has 0 aromatic carbocycles. The largest absolute Gasteiger partial charge is 0.481 e. The Labute approximate surface area is 111 Å². The Hall–Kier alpha value is -1.85. The number of rotatable bonds is 3. The van der Waals surface area contributed by atoms with Gasteiger partial charge in [-0.3, -0.25) is 14.9 Å². The van der Waals surface area contributed by atoms with Gasteiger partial charge >= 0.3 is 5.97 Å². The number of aliphatic carboxylic acids is 1. The number of hydrogen-bond donors (Lipinski definition) is 2. The highest BCUT2D eigenvalue weighted by Gasteiger charge is 2.30. The van der Waals surface area contributed by atoms with E-state index in [0.717, 1.165) is 11.3 Å². The van der Waals surface area contributed by atoms with Crippen LogP contribution in [-0.2, 0) is 9.59 Å². The van der Waals surface area contributed by atoms with Crippen LogP contribution in [0, 0.1) is 25.7 Å². The zero-order valence-electron chi connectivity index (χ0n) is 11.1. The normalized spacial score (nSPS) is 23.1. The molecule has 2 N–H and O–H groups in total. The Morgan fingerprint density at radius 1 is 1.21 bits per heavy atom. The Kier molecular flexibility index (Phi) is 3.87. The number of carbonyl (C=O) groups excluding carboxylic acids is 1. The van der Waals surface area contributed by atoms with E-state index in [9.17, 15) is 9.59 Å². The van der Waals surface area contributed by atoms with E-state index in [1.807, 2.05) is 13.8 Å². The lowest BCUT2D eigenvalue weighted by atomic mass is 9.81. The Balaban J connectivity index is 1.91. The fourth-order valence-corrected chi connectivity index (χ4v) is 2.35. The van der Waals surface area contributed by atoms with E-state index in [4.69, 9.17) is 9.63 Å². The van der Waals surface area contributed by atoms with Gasteiger partial charge in [-0.05, 0) is 39.5 Å². The minimum absolute atomic E-state index is 0.108. The summed E-state index contributed by atoms with van der Waals surface area (Å²) in [5.74, 6) is -0.926. The molecule has 0 saturated heterocycles. The summed E-state index contributed by atoms with van der Waals surface area (Å²) in [5, 5.41) is 15.4. The van der Waals surface area contributed by atoms with Crippen LogP contribution in [-0.4, -0.2) is 22.1 Å². The van der Waals surface area contributed by atoms with Crippen LogP contribution in [0.2, 0.25) is 0 Å². The van der Waals surface area contributed by atoms with Crippen molar-refractivity contribution >= 4 is 17.8 Å². The van der Waals surface area contributed by atoms with Gasteiger partial charge in [0.2, 0.25) is 11.8 Å². The second-order valence-electron chi connectivity index (χ2n) is 5.10. The molecule has 1 fully saturated rings. The number of aryl methyl sites for hydroxylation is 1. The van der Waals surface area contributed by atoms with Gasteiger partial charge < -0.3 is 9.63 Å². The molecule has 0 bridgehead atoms. The molecule has 1 heterocycles. The first-order chi connectivity index (χ1) is 8.99. The molecule has 104 valence electrons. The minimum Gasteiger partial charge on any atom is -0.481 e. The monoisotopic (exact) mass is 266 g/mol. The van der Waals surface area contributed by atoms with Crippen LogP contribution in [0.25, 0.3) is 0 Å². The van der Waals surface area contributed by atoms with Crippen LogP contribution in [0.4, 0.5) is 5.88 Å². The molecule has 1 saturated carbocycles. The number of carbonyl (C=O) groups is 2. The summed E-state index contributed by atoms with van der Waals surface area (Å²) in [7, 11) is 0. The molecule has 19 heavy (non-hydrogen) atoms. The average molecular weight is 266 g/mol. The molecule has 0 atom stereocenters. The van der Waals surface area contributed by atoms with Crippen LogP contribution < -0.4 is 5.32 Å². The molecule has 0 unspecified atom stereocenters. The molecule has 1 aromatic heterocycles. The van der Waals surface area contributed by atoms with E-state index < -0.39 is 5.97 Å². The zero-order chi connectivity index (χ0) is 14.0. The second kappa shape index (κ2) is 5.42. The summed E-state index contributed by atoms with van der Waals surface area (Å²) in [6.07, 6.45) is 2.33. The summed E-state index contributed by atoms with van der Waals surface area (Å²) < 4.78 is 5.04. The first kappa shape index (κ1) is 13.6. The summed E-state index contributed by atoms with van der Waals surface area (Å²) in [5.41, 5.74) is 1.58. The molecule has 0 aliphatic heterocycles. The third-order valence-corrected chi connectivity index (χ3v) is 3.84. The maximum absolute atomic E-state index is 12.1. The number of amides is 1. The molecular formula is C13H18N2O4. The summed E-state index contributed by atoms with van der Waals surface area (Å²) in [4.78, 5) is 22.9. The number of aromatic nitrogens is 1. The third-order valence-electron chi connectivity index (χ3n) is 3.84. The zero-order valence-corrected chi connectivity index (χ0v) is 11.1. The van der Waals surface area contributed by atoms with Crippen LogP contribution in [0.15, 0.2) is 4.52 Å². The maximum atomic E-state index is 12.1. The van der Waals surface area contributed by atoms with Gasteiger partial charge in [-0.25, -0.2) is 0 Å². The van der Waals surface area contributed by atoms with Gasteiger partial charge in [-0.1, -0.05) is 5.16 Å². The fraction of sp³-hybridized carbons (Fsp3) is 0.615. The van der Waals surface area contributed by atoms with Crippen molar-refractivity contribution in [1.29, 1.82) is 0 Å². The standard InChI is InChI=1S/C13H18N2O4/c1-7-8(2)15-19-12(7)14-11(16)9-3-5-10(6-4-9)13(17)18/h9-10H,3-6H2,1-2H3,(H,14,16)(H,17,18). The van der Waals surface area contributed by atoms with E-state index >= 15 is 0 Å². The molecular weight excluding hydrogens is 248 g/mol. The van der Waals surface area contributed by atoms with E-state index in [1.165, 1.54) is 0 Å². The van der Waals surface area contributed by atoms with Gasteiger partial charge in [0.15, 0.2) is 0 Å². The quantitative estimate of drug-likeness (QED) is 0.874.